The lowest BCUT2D eigenvalue weighted by Crippen LogP contribution is -3.14. The van der Waals surface area contributed by atoms with Crippen LogP contribution in [0, 0.1) is 11.0 Å². The summed E-state index contributed by atoms with van der Waals surface area (Å²) in [7, 11) is 1.39. The number of nitrogens with one attached hydrogen (secondary N) is 2. The van der Waals surface area contributed by atoms with Crippen molar-refractivity contribution < 1.29 is 19.3 Å². The first-order valence-corrected chi connectivity index (χ1v) is 10.6. The molecule has 3 aromatic rings. The number of halogens is 2. The fourth-order valence-corrected chi connectivity index (χ4v) is 3.71. The Hall–Kier alpha value is -3.41. The number of allylic oxidation sites excluding steroid dienone is 2. The van der Waals surface area contributed by atoms with Gasteiger partial charge in [0, 0.05) is 37.2 Å². The van der Waals surface area contributed by atoms with Crippen LogP contribution in [0.25, 0.3) is 11.3 Å². The molecule has 9 nitrogen and oxygen atoms in total. The van der Waals surface area contributed by atoms with Gasteiger partial charge in [-0.05, 0) is 42.0 Å². The van der Waals surface area contributed by atoms with Crippen molar-refractivity contribution in [2.45, 2.75) is 11.9 Å². The van der Waals surface area contributed by atoms with Crippen LogP contribution in [0.1, 0.15) is 11.6 Å². The van der Waals surface area contributed by atoms with Gasteiger partial charge >= 0.3 is 5.85 Å². The third-order valence-electron chi connectivity index (χ3n) is 5.41. The van der Waals surface area contributed by atoms with E-state index in [0.717, 1.165) is 0 Å². The number of aliphatic hydroxyl groups excluding tert-OH is 1. The van der Waals surface area contributed by atoms with Crippen molar-refractivity contribution in [3.8, 4) is 11.3 Å². The molecule has 0 radical (unpaired) electrons. The maximum absolute atomic E-state index is 13.9. The summed E-state index contributed by atoms with van der Waals surface area (Å²) < 4.78 is 20.6. The van der Waals surface area contributed by atoms with Crippen LogP contribution in [0.3, 0.4) is 0 Å². The van der Waals surface area contributed by atoms with E-state index in [1.165, 1.54) is 48.5 Å². The van der Waals surface area contributed by atoms with E-state index in [4.69, 9.17) is 16.3 Å². The van der Waals surface area contributed by atoms with Gasteiger partial charge < -0.3 is 19.6 Å². The molecule has 3 N–H and O–H groups in total. The molecule has 3 atom stereocenters. The van der Waals surface area contributed by atoms with Crippen molar-refractivity contribution in [2.75, 3.05) is 19.0 Å². The first-order valence-electron chi connectivity index (χ1n) is 10.2. The number of benzene rings is 1. The van der Waals surface area contributed by atoms with Crippen molar-refractivity contribution in [2.24, 2.45) is 0 Å². The second-order valence-electron chi connectivity index (χ2n) is 7.45. The fraction of sp³-hybridized carbons (Fsp3) is 0.174. The number of aromatic nitrogens is 3. The minimum Gasteiger partial charge on any atom is -0.625 e. The van der Waals surface area contributed by atoms with E-state index >= 15 is 0 Å². The van der Waals surface area contributed by atoms with Crippen LogP contribution in [0.5, 0.6) is 0 Å². The lowest BCUT2D eigenvalue weighted by Gasteiger charge is -2.38. The van der Waals surface area contributed by atoms with Gasteiger partial charge in [0.05, 0.1) is 29.6 Å². The van der Waals surface area contributed by atoms with Gasteiger partial charge in [-0.2, -0.15) is 0 Å². The third-order valence-corrected chi connectivity index (χ3v) is 5.72. The number of ether oxygens (including phenoxy) is 1. The lowest BCUT2D eigenvalue weighted by atomic mass is 10.1. The zero-order chi connectivity index (χ0) is 24.3. The second kappa shape index (κ2) is 9.84. The molecule has 1 aromatic carbocycles. The minimum atomic E-state index is -1.43. The predicted molar refractivity (Wildman–Crippen MR) is 124 cm³/mol. The summed E-state index contributed by atoms with van der Waals surface area (Å²) in [5.74, 6) is -1.94. The zero-order valence-corrected chi connectivity index (χ0v) is 18.7. The highest BCUT2D eigenvalue weighted by molar-refractivity contribution is 6.30. The molecule has 0 saturated heterocycles. The summed E-state index contributed by atoms with van der Waals surface area (Å²) in [4.78, 5) is 21.4. The zero-order valence-electron chi connectivity index (χ0n) is 18.0. The summed E-state index contributed by atoms with van der Waals surface area (Å²) >= 11 is 5.74. The molecule has 3 heterocycles. The fourth-order valence-electron chi connectivity index (χ4n) is 3.59. The largest absolute Gasteiger partial charge is 0.625 e. The summed E-state index contributed by atoms with van der Waals surface area (Å²) in [5.41, 5.74) is 0.886. The molecule has 1 aliphatic rings. The number of aliphatic hydroxyl groups is 1. The number of hydroxylamine groups is 2. The topological polar surface area (TPSA) is 117 Å². The van der Waals surface area contributed by atoms with Crippen molar-refractivity contribution in [1.29, 1.82) is 0 Å². The Kier molecular flexibility index (Phi) is 6.87. The monoisotopic (exact) mass is 485 g/mol. The predicted octanol–water partition coefficient (Wildman–Crippen LogP) is 1.86. The Bertz CT molecular complexity index is 1310. The molecule has 176 valence electrons. The van der Waals surface area contributed by atoms with Crippen LogP contribution in [-0.2, 0) is 4.74 Å². The Labute approximate surface area is 199 Å². The summed E-state index contributed by atoms with van der Waals surface area (Å²) in [6, 6.07) is 7.92. The summed E-state index contributed by atoms with van der Waals surface area (Å²) in [6.07, 6.45) is 9.19. The molecule has 0 amide bonds. The number of anilines is 1. The number of methoxy groups -OCH3 is 1. The quantitative estimate of drug-likeness (QED) is 0.345. The van der Waals surface area contributed by atoms with Crippen LogP contribution in [-0.4, -0.2) is 39.2 Å². The maximum atomic E-state index is 13.9. The van der Waals surface area contributed by atoms with Crippen LogP contribution >= 0.6 is 11.6 Å². The van der Waals surface area contributed by atoms with E-state index in [2.05, 4.69) is 15.3 Å². The minimum absolute atomic E-state index is 0.0481. The van der Waals surface area contributed by atoms with Gasteiger partial charge in [-0.15, -0.1) is 0 Å². The molecule has 2 aromatic heterocycles. The Morgan fingerprint density at radius 3 is 2.82 bits per heavy atom. The Balaban J connectivity index is 1.63. The Morgan fingerprint density at radius 1 is 1.32 bits per heavy atom. The number of nitrogens with zero attached hydrogens (tertiary/aromatic N) is 3. The maximum Gasteiger partial charge on any atom is 0.310 e. The van der Waals surface area contributed by atoms with Crippen LogP contribution in [0.4, 0.5) is 10.3 Å². The second-order valence-corrected chi connectivity index (χ2v) is 7.85. The highest BCUT2D eigenvalue weighted by atomic mass is 35.5. The molecular weight excluding hydrogens is 465 g/mol. The van der Waals surface area contributed by atoms with Gasteiger partial charge in [-0.3, -0.25) is 15.2 Å². The molecular formula is C23H21ClFN5O4. The lowest BCUT2D eigenvalue weighted by molar-refractivity contribution is -0.871. The molecule has 0 saturated carbocycles. The molecule has 0 aliphatic carbocycles. The van der Waals surface area contributed by atoms with E-state index in [-0.39, 0.29) is 16.0 Å². The molecule has 0 spiro atoms. The first kappa shape index (κ1) is 23.7. The molecule has 0 bridgehead atoms. The van der Waals surface area contributed by atoms with Crippen molar-refractivity contribution in [3.05, 3.63) is 105 Å². The Morgan fingerprint density at radius 2 is 2.15 bits per heavy atom. The van der Waals surface area contributed by atoms with Crippen molar-refractivity contribution >= 4 is 17.5 Å². The van der Waals surface area contributed by atoms with Crippen LogP contribution in [0.15, 0.2) is 78.0 Å². The number of hydrogen-bond donors (Lipinski definition) is 3. The van der Waals surface area contributed by atoms with E-state index in [9.17, 15) is 19.5 Å². The van der Waals surface area contributed by atoms with Gasteiger partial charge in [0.15, 0.2) is 0 Å². The smallest absolute Gasteiger partial charge is 0.310 e. The highest BCUT2D eigenvalue weighted by Crippen LogP contribution is 2.23. The number of pyridine rings is 1. The van der Waals surface area contributed by atoms with Crippen molar-refractivity contribution in [1.82, 2.24) is 14.5 Å². The van der Waals surface area contributed by atoms with Gasteiger partial charge in [-0.1, -0.05) is 17.7 Å². The molecule has 1 aliphatic heterocycles. The van der Waals surface area contributed by atoms with Crippen LogP contribution in [0.2, 0.25) is 5.02 Å². The molecule has 0 fully saturated rings. The normalized spacial score (nSPS) is 20.3. The number of rotatable bonds is 7. The molecule has 2 unspecified atom stereocenters. The summed E-state index contributed by atoms with van der Waals surface area (Å²) in [6.45, 7) is -0.420. The first-order chi connectivity index (χ1) is 16.4. The van der Waals surface area contributed by atoms with Crippen LogP contribution < -0.4 is 15.9 Å². The van der Waals surface area contributed by atoms with E-state index in [1.807, 2.05) is 0 Å². The summed E-state index contributed by atoms with van der Waals surface area (Å²) in [5, 5.41) is 24.8. The average molecular weight is 486 g/mol. The van der Waals surface area contributed by atoms with E-state index < -0.39 is 29.9 Å². The van der Waals surface area contributed by atoms with E-state index in [1.54, 1.807) is 36.4 Å². The average Bonchev–Trinajstić information content (AvgIpc) is 2.84. The standard InChI is InChI=1S/C23H21ClFN5O4/c1-34-23(8-2-3-10-30(23)33)28-22-26-9-6-19(27-22)15-7-11-29(21(32)13-15)20(14-31)16-4-5-17(24)18(25)12-16/h2-13,20,30-31H,14H2,1H3,(H,26,27,28)/t20?,23-/m0/s1. The third kappa shape index (κ3) is 4.63. The molecule has 34 heavy (non-hydrogen) atoms. The van der Waals surface area contributed by atoms with E-state index in [0.29, 0.717) is 16.8 Å². The van der Waals surface area contributed by atoms with Gasteiger partial charge in [-0.25, -0.2) is 14.4 Å². The number of hydrogen-bond acceptors (Lipinski definition) is 7. The molecule has 11 heteroatoms. The van der Waals surface area contributed by atoms with Gasteiger partial charge in [0.25, 0.3) is 5.56 Å². The highest BCUT2D eigenvalue weighted by Gasteiger charge is 2.35. The van der Waals surface area contributed by atoms with Gasteiger partial charge in [0.1, 0.15) is 5.82 Å². The van der Waals surface area contributed by atoms with Crippen molar-refractivity contribution in [3.63, 3.8) is 0 Å². The van der Waals surface area contributed by atoms with Gasteiger partial charge in [0.2, 0.25) is 5.95 Å². The molecule has 4 rings (SSSR count). The number of quaternary nitrogens is 1. The SMILES string of the molecule is CO[C@]1(Nc2nccc(-c3ccn(C(CO)c4ccc(Cl)c(F)c4)c(=O)c3)n2)C=CC=C[NH+]1[O-].